The molecular formula is C13H16O. The van der Waals surface area contributed by atoms with Crippen LogP contribution >= 0.6 is 0 Å². The van der Waals surface area contributed by atoms with Crippen LogP contribution in [0.15, 0.2) is 18.2 Å². The SMILES string of the molecule is Cc1ccc2c(c1)C1(CC2)CC1CO. The number of aryl methyl sites for hydroxylation is 2. The van der Waals surface area contributed by atoms with Gasteiger partial charge in [0.1, 0.15) is 0 Å². The zero-order chi connectivity index (χ0) is 9.76. The zero-order valence-electron chi connectivity index (χ0n) is 8.59. The van der Waals surface area contributed by atoms with Gasteiger partial charge in [0, 0.05) is 12.0 Å². The summed E-state index contributed by atoms with van der Waals surface area (Å²) in [7, 11) is 0. The van der Waals surface area contributed by atoms with Gasteiger partial charge in [-0.1, -0.05) is 23.8 Å². The molecular weight excluding hydrogens is 172 g/mol. The number of rotatable bonds is 1. The van der Waals surface area contributed by atoms with Gasteiger partial charge in [-0.2, -0.15) is 0 Å². The van der Waals surface area contributed by atoms with Crippen molar-refractivity contribution in [3.63, 3.8) is 0 Å². The highest BCUT2D eigenvalue weighted by Crippen LogP contribution is 2.61. The number of fused-ring (bicyclic) bond motifs is 2. The third-order valence-electron chi connectivity index (χ3n) is 4.09. The van der Waals surface area contributed by atoms with E-state index >= 15 is 0 Å². The van der Waals surface area contributed by atoms with Crippen LogP contribution in [-0.4, -0.2) is 11.7 Å². The quantitative estimate of drug-likeness (QED) is 0.716. The molecule has 1 nitrogen and oxygen atoms in total. The van der Waals surface area contributed by atoms with Gasteiger partial charge < -0.3 is 5.11 Å². The number of hydrogen-bond donors (Lipinski definition) is 1. The first-order valence-corrected chi connectivity index (χ1v) is 5.47. The van der Waals surface area contributed by atoms with Gasteiger partial charge in [0.25, 0.3) is 0 Å². The molecule has 1 aromatic rings. The van der Waals surface area contributed by atoms with Crippen molar-refractivity contribution < 1.29 is 5.11 Å². The summed E-state index contributed by atoms with van der Waals surface area (Å²) in [6, 6.07) is 6.80. The highest BCUT2D eigenvalue weighted by Gasteiger charge is 2.57. The first-order valence-electron chi connectivity index (χ1n) is 5.47. The van der Waals surface area contributed by atoms with Gasteiger partial charge in [-0.25, -0.2) is 0 Å². The predicted octanol–water partition coefficient (Wildman–Crippen LogP) is 2.19. The van der Waals surface area contributed by atoms with Gasteiger partial charge >= 0.3 is 0 Å². The average molecular weight is 188 g/mol. The Bertz CT molecular complexity index is 383. The van der Waals surface area contributed by atoms with Crippen LogP contribution in [0.25, 0.3) is 0 Å². The zero-order valence-corrected chi connectivity index (χ0v) is 8.59. The van der Waals surface area contributed by atoms with Crippen LogP contribution in [0.3, 0.4) is 0 Å². The number of hydrogen-bond acceptors (Lipinski definition) is 1. The Morgan fingerprint density at radius 1 is 1.50 bits per heavy atom. The minimum Gasteiger partial charge on any atom is -0.396 e. The van der Waals surface area contributed by atoms with Crippen molar-refractivity contribution in [2.75, 3.05) is 6.61 Å². The second kappa shape index (κ2) is 2.60. The van der Waals surface area contributed by atoms with E-state index in [9.17, 15) is 5.11 Å². The first-order chi connectivity index (χ1) is 6.76. The molecule has 14 heavy (non-hydrogen) atoms. The lowest BCUT2D eigenvalue weighted by molar-refractivity contribution is 0.263. The minimum atomic E-state index is 0.368. The average Bonchev–Trinajstić information content (AvgIpc) is 2.80. The van der Waals surface area contributed by atoms with Crippen LogP contribution < -0.4 is 0 Å². The summed E-state index contributed by atoms with van der Waals surface area (Å²) in [5, 5.41) is 9.23. The molecule has 0 amide bonds. The van der Waals surface area contributed by atoms with E-state index in [4.69, 9.17) is 0 Å². The summed E-state index contributed by atoms with van der Waals surface area (Å²) in [4.78, 5) is 0. The van der Waals surface area contributed by atoms with Crippen molar-refractivity contribution in [2.45, 2.75) is 31.6 Å². The van der Waals surface area contributed by atoms with Crippen LogP contribution in [0, 0.1) is 12.8 Å². The summed E-state index contributed by atoms with van der Waals surface area (Å²) in [6.45, 7) is 2.52. The molecule has 0 saturated heterocycles. The molecule has 1 N–H and O–H groups in total. The maximum Gasteiger partial charge on any atom is 0.0468 e. The topological polar surface area (TPSA) is 20.2 Å². The molecule has 0 aromatic heterocycles. The Hall–Kier alpha value is -0.820. The number of aliphatic hydroxyl groups is 1. The number of aliphatic hydroxyl groups excluding tert-OH is 1. The lowest BCUT2D eigenvalue weighted by Crippen LogP contribution is -2.07. The third-order valence-corrected chi connectivity index (χ3v) is 4.09. The van der Waals surface area contributed by atoms with Gasteiger partial charge in [0.05, 0.1) is 0 Å². The van der Waals surface area contributed by atoms with Crippen LogP contribution in [0.4, 0.5) is 0 Å². The third kappa shape index (κ3) is 0.936. The molecule has 74 valence electrons. The Balaban J connectivity index is 2.06. The lowest BCUT2D eigenvalue weighted by Gasteiger charge is -2.10. The molecule has 2 aliphatic carbocycles. The van der Waals surface area contributed by atoms with Crippen molar-refractivity contribution in [1.29, 1.82) is 0 Å². The van der Waals surface area contributed by atoms with Crippen molar-refractivity contribution in [3.8, 4) is 0 Å². The monoisotopic (exact) mass is 188 g/mol. The molecule has 1 heteroatoms. The van der Waals surface area contributed by atoms with E-state index in [2.05, 4.69) is 25.1 Å². The molecule has 1 aromatic carbocycles. The molecule has 0 heterocycles. The normalized spacial score (nSPS) is 33.4. The molecule has 0 aliphatic heterocycles. The Morgan fingerprint density at radius 3 is 3.07 bits per heavy atom. The summed E-state index contributed by atoms with van der Waals surface area (Å²) in [6.07, 6.45) is 3.68. The van der Waals surface area contributed by atoms with E-state index < -0.39 is 0 Å². The van der Waals surface area contributed by atoms with Crippen LogP contribution in [-0.2, 0) is 11.8 Å². The van der Waals surface area contributed by atoms with Gasteiger partial charge in [-0.15, -0.1) is 0 Å². The van der Waals surface area contributed by atoms with Crippen LogP contribution in [0.2, 0.25) is 0 Å². The van der Waals surface area contributed by atoms with Crippen molar-refractivity contribution in [1.82, 2.24) is 0 Å². The van der Waals surface area contributed by atoms with E-state index in [1.807, 2.05) is 0 Å². The fourth-order valence-corrected chi connectivity index (χ4v) is 3.12. The molecule has 1 spiro atoms. The fraction of sp³-hybridized carbons (Fsp3) is 0.538. The fourth-order valence-electron chi connectivity index (χ4n) is 3.12. The molecule has 1 fully saturated rings. The van der Waals surface area contributed by atoms with E-state index in [1.54, 1.807) is 0 Å². The summed E-state index contributed by atoms with van der Waals surface area (Å²) < 4.78 is 0. The van der Waals surface area contributed by atoms with Gasteiger partial charge in [0.15, 0.2) is 0 Å². The van der Waals surface area contributed by atoms with E-state index in [-0.39, 0.29) is 0 Å². The minimum absolute atomic E-state index is 0.368. The second-order valence-electron chi connectivity index (χ2n) is 4.90. The molecule has 0 radical (unpaired) electrons. The summed E-state index contributed by atoms with van der Waals surface area (Å²) >= 11 is 0. The van der Waals surface area contributed by atoms with Crippen molar-refractivity contribution >= 4 is 0 Å². The van der Waals surface area contributed by atoms with Crippen LogP contribution in [0.1, 0.15) is 29.5 Å². The Kier molecular flexibility index (Phi) is 1.58. The molecule has 2 aliphatic rings. The molecule has 0 bridgehead atoms. The van der Waals surface area contributed by atoms with Crippen LogP contribution in [0.5, 0.6) is 0 Å². The lowest BCUT2D eigenvalue weighted by atomic mass is 9.94. The highest BCUT2D eigenvalue weighted by atomic mass is 16.3. The smallest absolute Gasteiger partial charge is 0.0468 e. The molecule has 3 rings (SSSR count). The maximum absolute atomic E-state index is 9.23. The van der Waals surface area contributed by atoms with Gasteiger partial charge in [-0.05, 0) is 43.2 Å². The standard InChI is InChI=1S/C13H16O/c1-9-2-3-10-4-5-13(12(10)6-9)7-11(13)8-14/h2-3,6,11,14H,4-5,7-8H2,1H3. The van der Waals surface area contributed by atoms with Gasteiger partial charge in [-0.3, -0.25) is 0 Å². The Labute approximate surface area is 84.8 Å². The van der Waals surface area contributed by atoms with E-state index in [0.717, 1.165) is 0 Å². The predicted molar refractivity (Wildman–Crippen MR) is 56.4 cm³/mol. The summed E-state index contributed by atoms with van der Waals surface area (Å²) in [5.74, 6) is 0.547. The van der Waals surface area contributed by atoms with Gasteiger partial charge in [0.2, 0.25) is 0 Å². The maximum atomic E-state index is 9.23. The van der Waals surface area contributed by atoms with Crippen molar-refractivity contribution in [2.24, 2.45) is 5.92 Å². The Morgan fingerprint density at radius 2 is 2.36 bits per heavy atom. The molecule has 1 saturated carbocycles. The van der Waals surface area contributed by atoms with Crippen molar-refractivity contribution in [3.05, 3.63) is 34.9 Å². The highest BCUT2D eigenvalue weighted by molar-refractivity contribution is 5.46. The summed E-state index contributed by atoms with van der Waals surface area (Å²) in [5.41, 5.74) is 4.80. The molecule has 2 unspecified atom stereocenters. The first kappa shape index (κ1) is 8.49. The largest absolute Gasteiger partial charge is 0.396 e. The molecule has 2 atom stereocenters. The number of benzene rings is 1. The second-order valence-corrected chi connectivity index (χ2v) is 4.90. The van der Waals surface area contributed by atoms with E-state index in [1.165, 1.54) is 36.0 Å². The van der Waals surface area contributed by atoms with E-state index in [0.29, 0.717) is 17.9 Å².